The average Bonchev–Trinajstić information content (AvgIpc) is 2.54. The molecule has 0 spiro atoms. The van der Waals surface area contributed by atoms with E-state index >= 15 is 0 Å². The lowest BCUT2D eigenvalue weighted by molar-refractivity contribution is 0.726. The van der Waals surface area contributed by atoms with Gasteiger partial charge in [-0.15, -0.1) is 11.3 Å². The largest absolute Gasteiger partial charge is 0.348 e. The average molecular weight is 239 g/mol. The summed E-state index contributed by atoms with van der Waals surface area (Å²) in [6.07, 6.45) is 6.34. The summed E-state index contributed by atoms with van der Waals surface area (Å²) in [5.41, 5.74) is 6.95. The van der Waals surface area contributed by atoms with Crippen LogP contribution in [-0.4, -0.2) is 18.1 Å². The molecule has 0 atom stereocenters. The lowest BCUT2D eigenvalue weighted by Gasteiger charge is -2.18. The summed E-state index contributed by atoms with van der Waals surface area (Å²) >= 11 is 1.79. The number of aryl methyl sites for hydroxylation is 1. The Kier molecular flexibility index (Phi) is 4.18. The Morgan fingerprint density at radius 3 is 2.44 bits per heavy atom. The van der Waals surface area contributed by atoms with Gasteiger partial charge < -0.3 is 10.6 Å². The molecule has 1 saturated heterocycles. The number of nitrogens with zero attached hydrogens (tertiary/aromatic N) is 2. The lowest BCUT2D eigenvalue weighted by Crippen LogP contribution is -2.23. The summed E-state index contributed by atoms with van der Waals surface area (Å²) in [6, 6.07) is 0. The molecule has 90 valence electrons. The molecule has 0 amide bonds. The smallest absolute Gasteiger partial charge is 0.185 e. The second kappa shape index (κ2) is 5.64. The van der Waals surface area contributed by atoms with Crippen LogP contribution in [0.2, 0.25) is 0 Å². The maximum atomic E-state index is 5.75. The molecule has 16 heavy (non-hydrogen) atoms. The molecular weight excluding hydrogens is 218 g/mol. The summed E-state index contributed by atoms with van der Waals surface area (Å²) in [5.74, 6) is 0. The highest BCUT2D eigenvalue weighted by molar-refractivity contribution is 7.15. The topological polar surface area (TPSA) is 42.2 Å². The highest BCUT2D eigenvalue weighted by Gasteiger charge is 2.15. The summed E-state index contributed by atoms with van der Waals surface area (Å²) < 4.78 is 0. The van der Waals surface area contributed by atoms with Gasteiger partial charge in [0.05, 0.1) is 5.69 Å². The van der Waals surface area contributed by atoms with E-state index in [2.05, 4.69) is 11.8 Å². The number of aromatic nitrogens is 1. The van der Waals surface area contributed by atoms with Crippen LogP contribution in [-0.2, 0) is 13.0 Å². The van der Waals surface area contributed by atoms with E-state index in [9.17, 15) is 0 Å². The van der Waals surface area contributed by atoms with Crippen molar-refractivity contribution in [1.29, 1.82) is 0 Å². The Hall–Kier alpha value is -0.610. The summed E-state index contributed by atoms with van der Waals surface area (Å²) in [6.45, 7) is 5.12. The molecule has 0 saturated carbocycles. The predicted molar refractivity (Wildman–Crippen MR) is 70.1 cm³/mol. The third kappa shape index (κ3) is 2.55. The Morgan fingerprint density at radius 2 is 1.94 bits per heavy atom. The summed E-state index contributed by atoms with van der Waals surface area (Å²) in [4.78, 5) is 8.44. The van der Waals surface area contributed by atoms with Crippen LogP contribution in [0.4, 0.5) is 5.13 Å². The minimum atomic E-state index is 0.634. The van der Waals surface area contributed by atoms with E-state index in [0.717, 1.165) is 6.42 Å². The van der Waals surface area contributed by atoms with Crippen molar-refractivity contribution in [3.8, 4) is 0 Å². The zero-order chi connectivity index (χ0) is 11.4. The van der Waals surface area contributed by atoms with E-state index in [1.54, 1.807) is 11.3 Å². The van der Waals surface area contributed by atoms with Gasteiger partial charge in [-0.1, -0.05) is 19.8 Å². The number of rotatable bonds is 3. The van der Waals surface area contributed by atoms with Crippen molar-refractivity contribution in [2.45, 2.75) is 45.6 Å². The Balaban J connectivity index is 2.15. The third-order valence-corrected chi connectivity index (χ3v) is 4.34. The lowest BCUT2D eigenvalue weighted by atomic mass is 10.2. The first-order valence-corrected chi connectivity index (χ1v) is 7.10. The van der Waals surface area contributed by atoms with Crippen molar-refractivity contribution >= 4 is 16.5 Å². The minimum absolute atomic E-state index is 0.634. The van der Waals surface area contributed by atoms with E-state index in [4.69, 9.17) is 10.7 Å². The van der Waals surface area contributed by atoms with Gasteiger partial charge in [0.25, 0.3) is 0 Å². The van der Waals surface area contributed by atoms with E-state index in [1.807, 2.05) is 0 Å². The first-order chi connectivity index (χ1) is 7.85. The van der Waals surface area contributed by atoms with Crippen molar-refractivity contribution in [2.24, 2.45) is 5.73 Å². The molecular formula is C12H21N3S. The number of nitrogens with two attached hydrogens (primary N) is 1. The van der Waals surface area contributed by atoms with Crippen LogP contribution in [0.1, 0.15) is 43.2 Å². The maximum Gasteiger partial charge on any atom is 0.185 e. The van der Waals surface area contributed by atoms with Crippen molar-refractivity contribution in [1.82, 2.24) is 4.98 Å². The van der Waals surface area contributed by atoms with Gasteiger partial charge in [-0.05, 0) is 19.3 Å². The molecule has 1 aliphatic heterocycles. The zero-order valence-corrected chi connectivity index (χ0v) is 10.9. The van der Waals surface area contributed by atoms with Gasteiger partial charge in [-0.3, -0.25) is 0 Å². The molecule has 3 nitrogen and oxygen atoms in total. The number of thiazole rings is 1. The van der Waals surface area contributed by atoms with Crippen molar-refractivity contribution in [3.63, 3.8) is 0 Å². The van der Waals surface area contributed by atoms with Gasteiger partial charge in [0.1, 0.15) is 0 Å². The molecule has 0 unspecified atom stereocenters. The fourth-order valence-corrected chi connectivity index (χ4v) is 3.28. The van der Waals surface area contributed by atoms with Crippen LogP contribution >= 0.6 is 11.3 Å². The Labute approximate surface area is 102 Å². The van der Waals surface area contributed by atoms with Crippen LogP contribution in [0.3, 0.4) is 0 Å². The molecule has 2 rings (SSSR count). The third-order valence-electron chi connectivity index (χ3n) is 3.16. The number of hydrogen-bond donors (Lipinski definition) is 1. The monoisotopic (exact) mass is 239 g/mol. The highest BCUT2D eigenvalue weighted by Crippen LogP contribution is 2.28. The second-order valence-corrected chi connectivity index (χ2v) is 5.39. The maximum absolute atomic E-state index is 5.75. The molecule has 4 heteroatoms. The summed E-state index contributed by atoms with van der Waals surface area (Å²) in [5, 5.41) is 1.19. The summed E-state index contributed by atoms with van der Waals surface area (Å²) in [7, 11) is 0. The van der Waals surface area contributed by atoms with Crippen LogP contribution < -0.4 is 10.6 Å². The van der Waals surface area contributed by atoms with Gasteiger partial charge in [-0.2, -0.15) is 0 Å². The first-order valence-electron chi connectivity index (χ1n) is 6.28. The normalized spacial score (nSPS) is 17.5. The van der Waals surface area contributed by atoms with Gasteiger partial charge >= 0.3 is 0 Å². The van der Waals surface area contributed by atoms with Crippen molar-refractivity contribution in [2.75, 3.05) is 18.0 Å². The quantitative estimate of drug-likeness (QED) is 0.881. The SMILES string of the molecule is CCc1nc(N2CCCCCC2)sc1CN. The molecule has 1 aromatic rings. The van der Waals surface area contributed by atoms with E-state index < -0.39 is 0 Å². The second-order valence-electron chi connectivity index (χ2n) is 4.33. The van der Waals surface area contributed by atoms with Crippen LogP contribution in [0, 0.1) is 0 Å². The molecule has 0 aromatic carbocycles. The fraction of sp³-hybridized carbons (Fsp3) is 0.750. The van der Waals surface area contributed by atoms with E-state index in [-0.39, 0.29) is 0 Å². The molecule has 2 heterocycles. The Morgan fingerprint density at radius 1 is 1.25 bits per heavy atom. The fourth-order valence-electron chi connectivity index (χ4n) is 2.20. The standard InChI is InChI=1S/C12H21N3S/c1-2-10-11(9-13)16-12(14-10)15-7-5-3-4-6-8-15/h2-9,13H2,1H3. The van der Waals surface area contributed by atoms with Gasteiger partial charge in [0.15, 0.2) is 5.13 Å². The Bertz CT molecular complexity index is 306. The zero-order valence-electron chi connectivity index (χ0n) is 10.0. The molecule has 1 aromatic heterocycles. The number of anilines is 1. The number of hydrogen-bond acceptors (Lipinski definition) is 4. The van der Waals surface area contributed by atoms with Gasteiger partial charge in [0, 0.05) is 24.5 Å². The molecule has 1 aliphatic rings. The molecule has 0 aliphatic carbocycles. The molecule has 0 radical (unpaired) electrons. The van der Waals surface area contributed by atoms with E-state index in [1.165, 1.54) is 54.5 Å². The first kappa shape index (κ1) is 11.9. The minimum Gasteiger partial charge on any atom is -0.348 e. The highest BCUT2D eigenvalue weighted by atomic mass is 32.1. The molecule has 2 N–H and O–H groups in total. The van der Waals surface area contributed by atoms with Crippen molar-refractivity contribution < 1.29 is 0 Å². The molecule has 0 bridgehead atoms. The van der Waals surface area contributed by atoms with Crippen LogP contribution in [0.25, 0.3) is 0 Å². The van der Waals surface area contributed by atoms with E-state index in [0.29, 0.717) is 6.54 Å². The van der Waals surface area contributed by atoms with Crippen molar-refractivity contribution in [3.05, 3.63) is 10.6 Å². The predicted octanol–water partition coefficient (Wildman–Crippen LogP) is 2.54. The van der Waals surface area contributed by atoms with Gasteiger partial charge in [-0.25, -0.2) is 4.98 Å². The molecule has 1 fully saturated rings. The van der Waals surface area contributed by atoms with Gasteiger partial charge in [0.2, 0.25) is 0 Å². The van der Waals surface area contributed by atoms with Crippen LogP contribution in [0.15, 0.2) is 0 Å². The van der Waals surface area contributed by atoms with Crippen LogP contribution in [0.5, 0.6) is 0 Å².